The molecule has 0 radical (unpaired) electrons. The number of carbonyl (C=O) groups excluding carboxylic acids is 2. The number of amides is 1. The summed E-state index contributed by atoms with van der Waals surface area (Å²) in [5.41, 5.74) is 0. The van der Waals surface area contributed by atoms with Crippen molar-refractivity contribution in [1.29, 1.82) is 0 Å². The fourth-order valence-corrected chi connectivity index (χ4v) is 1.06. The fraction of sp³-hybridized carbons (Fsp3) is 0.778. The molecule has 0 aromatic carbocycles. The van der Waals surface area contributed by atoms with Crippen LogP contribution in [-0.4, -0.2) is 61.0 Å². The molecular formula is C9H18N2O5. The van der Waals surface area contributed by atoms with Crippen molar-refractivity contribution in [3.05, 3.63) is 0 Å². The van der Waals surface area contributed by atoms with E-state index >= 15 is 0 Å². The number of aliphatic hydroxyl groups is 2. The van der Waals surface area contributed by atoms with E-state index in [9.17, 15) is 14.7 Å². The summed E-state index contributed by atoms with van der Waals surface area (Å²) in [5, 5.41) is 23.0. The third kappa shape index (κ3) is 4.13. The third-order valence-corrected chi connectivity index (χ3v) is 2.08. The molecule has 7 nitrogen and oxygen atoms in total. The minimum absolute atomic E-state index is 0.407. The molecular weight excluding hydrogens is 216 g/mol. The molecule has 0 fully saturated rings. The van der Waals surface area contributed by atoms with Gasteiger partial charge in [-0.2, -0.15) is 0 Å². The molecule has 0 rings (SSSR count). The lowest BCUT2D eigenvalue weighted by molar-refractivity contribution is -0.148. The summed E-state index contributed by atoms with van der Waals surface area (Å²) in [6.07, 6.45) is -1.08. The summed E-state index contributed by atoms with van der Waals surface area (Å²) in [5.74, 6) is -1.32. The highest BCUT2D eigenvalue weighted by Crippen LogP contribution is 1.97. The number of nitrogens with one attached hydrogen (secondary N) is 2. The highest BCUT2D eigenvalue weighted by atomic mass is 16.5. The normalized spacial score (nSPS) is 16.1. The Morgan fingerprint density at radius 1 is 1.44 bits per heavy atom. The number of hydrogen-bond acceptors (Lipinski definition) is 6. The smallest absolute Gasteiger partial charge is 0.331 e. The van der Waals surface area contributed by atoms with Gasteiger partial charge in [0.25, 0.3) is 0 Å². The van der Waals surface area contributed by atoms with Crippen molar-refractivity contribution < 1.29 is 24.5 Å². The summed E-state index contributed by atoms with van der Waals surface area (Å²) in [4.78, 5) is 22.7. The lowest BCUT2D eigenvalue weighted by Crippen LogP contribution is -2.54. The Bertz CT molecular complexity index is 240. The van der Waals surface area contributed by atoms with Crippen LogP contribution in [0.1, 0.15) is 6.92 Å². The summed E-state index contributed by atoms with van der Waals surface area (Å²) in [7, 11) is 2.65. The zero-order chi connectivity index (χ0) is 12.7. The van der Waals surface area contributed by atoms with Crippen molar-refractivity contribution >= 4 is 11.9 Å². The van der Waals surface area contributed by atoms with E-state index < -0.39 is 36.7 Å². The van der Waals surface area contributed by atoms with Gasteiger partial charge in [0, 0.05) is 0 Å². The largest absolute Gasteiger partial charge is 0.467 e. The van der Waals surface area contributed by atoms with Gasteiger partial charge in [0.2, 0.25) is 5.91 Å². The molecule has 1 amide bonds. The summed E-state index contributed by atoms with van der Waals surface area (Å²) in [6.45, 7) is 0.950. The van der Waals surface area contributed by atoms with Crippen LogP contribution in [0.3, 0.4) is 0 Å². The molecule has 0 heterocycles. The van der Waals surface area contributed by atoms with Gasteiger partial charge in [-0.05, 0) is 14.0 Å². The molecule has 0 unspecified atom stereocenters. The summed E-state index contributed by atoms with van der Waals surface area (Å²) < 4.78 is 4.42. The second-order valence-electron chi connectivity index (χ2n) is 3.27. The number of aliphatic hydroxyl groups excluding tert-OH is 2. The van der Waals surface area contributed by atoms with Crippen LogP contribution in [0.4, 0.5) is 0 Å². The van der Waals surface area contributed by atoms with E-state index in [0.717, 1.165) is 7.11 Å². The Hall–Kier alpha value is -1.18. The highest BCUT2D eigenvalue weighted by molar-refractivity contribution is 5.87. The van der Waals surface area contributed by atoms with Crippen LogP contribution in [0.5, 0.6) is 0 Å². The maximum atomic E-state index is 11.5. The first-order valence-corrected chi connectivity index (χ1v) is 4.82. The molecule has 0 saturated heterocycles. The van der Waals surface area contributed by atoms with Gasteiger partial charge in [0.05, 0.1) is 19.8 Å². The quantitative estimate of drug-likeness (QED) is 0.382. The maximum Gasteiger partial charge on any atom is 0.331 e. The predicted molar refractivity (Wildman–Crippen MR) is 55.6 cm³/mol. The monoisotopic (exact) mass is 234 g/mol. The molecule has 0 aliphatic carbocycles. The third-order valence-electron chi connectivity index (χ3n) is 2.08. The van der Waals surface area contributed by atoms with Crippen LogP contribution in [0.2, 0.25) is 0 Å². The number of ether oxygens (including phenoxy) is 1. The van der Waals surface area contributed by atoms with E-state index in [-0.39, 0.29) is 0 Å². The zero-order valence-corrected chi connectivity index (χ0v) is 9.56. The molecule has 0 aliphatic rings. The average Bonchev–Trinajstić information content (AvgIpc) is 2.26. The number of carbonyl (C=O) groups is 2. The van der Waals surface area contributed by atoms with Crippen molar-refractivity contribution in [2.24, 2.45) is 0 Å². The summed E-state index contributed by atoms with van der Waals surface area (Å²) >= 11 is 0. The molecule has 3 atom stereocenters. The average molecular weight is 234 g/mol. The second-order valence-corrected chi connectivity index (χ2v) is 3.27. The van der Waals surface area contributed by atoms with E-state index in [0.29, 0.717) is 0 Å². The van der Waals surface area contributed by atoms with Crippen molar-refractivity contribution in [2.45, 2.75) is 25.1 Å². The Labute approximate surface area is 93.8 Å². The summed E-state index contributed by atoms with van der Waals surface area (Å²) in [6, 6.07) is -1.97. The van der Waals surface area contributed by atoms with Crippen LogP contribution in [-0.2, 0) is 14.3 Å². The molecule has 0 aliphatic heterocycles. The van der Waals surface area contributed by atoms with Crippen molar-refractivity contribution in [2.75, 3.05) is 20.8 Å². The number of rotatable bonds is 6. The Kier molecular flexibility index (Phi) is 6.63. The van der Waals surface area contributed by atoms with E-state index in [1.807, 2.05) is 0 Å². The minimum Gasteiger partial charge on any atom is -0.467 e. The molecule has 94 valence electrons. The molecule has 4 N–H and O–H groups in total. The molecule has 0 spiro atoms. The minimum atomic E-state index is -1.14. The number of esters is 1. The first-order valence-electron chi connectivity index (χ1n) is 4.82. The van der Waals surface area contributed by atoms with Crippen molar-refractivity contribution in [1.82, 2.24) is 10.6 Å². The molecule has 0 saturated carbocycles. The van der Waals surface area contributed by atoms with Gasteiger partial charge in [0.15, 0.2) is 6.04 Å². The first kappa shape index (κ1) is 14.8. The second kappa shape index (κ2) is 7.15. The van der Waals surface area contributed by atoms with Crippen LogP contribution in [0, 0.1) is 0 Å². The van der Waals surface area contributed by atoms with Crippen molar-refractivity contribution in [3.63, 3.8) is 0 Å². The van der Waals surface area contributed by atoms with Gasteiger partial charge in [-0.15, -0.1) is 0 Å². The van der Waals surface area contributed by atoms with Gasteiger partial charge in [-0.3, -0.25) is 4.79 Å². The number of likely N-dealkylation sites (N-methyl/N-ethyl adjacent to an activating group) is 1. The van der Waals surface area contributed by atoms with Crippen LogP contribution in [0.25, 0.3) is 0 Å². The van der Waals surface area contributed by atoms with Crippen LogP contribution >= 0.6 is 0 Å². The molecule has 16 heavy (non-hydrogen) atoms. The van der Waals surface area contributed by atoms with Gasteiger partial charge in [-0.25, -0.2) is 4.79 Å². The van der Waals surface area contributed by atoms with E-state index in [1.54, 1.807) is 0 Å². The van der Waals surface area contributed by atoms with Gasteiger partial charge in [-0.1, -0.05) is 0 Å². The SMILES string of the molecule is CN[C@@H](CO)C(=O)N[C@H](C(=O)OC)[C@@H](C)O. The predicted octanol–water partition coefficient (Wildman–Crippen LogP) is -2.39. The number of hydrogen-bond donors (Lipinski definition) is 4. The first-order chi connectivity index (χ1) is 7.47. The Balaban J connectivity index is 4.51. The van der Waals surface area contributed by atoms with Crippen LogP contribution < -0.4 is 10.6 Å². The molecule has 0 bridgehead atoms. The van der Waals surface area contributed by atoms with Crippen LogP contribution in [0.15, 0.2) is 0 Å². The molecule has 0 aromatic rings. The standard InChI is InChI=1S/C9H18N2O5/c1-5(13)7(9(15)16-3)11-8(14)6(4-12)10-2/h5-7,10,12-13H,4H2,1-3H3,(H,11,14)/t5-,6+,7+/m1/s1. The van der Waals surface area contributed by atoms with E-state index in [4.69, 9.17) is 5.11 Å². The van der Waals surface area contributed by atoms with E-state index in [1.165, 1.54) is 14.0 Å². The lowest BCUT2D eigenvalue weighted by atomic mass is 10.1. The van der Waals surface area contributed by atoms with Crippen molar-refractivity contribution in [3.8, 4) is 0 Å². The lowest BCUT2D eigenvalue weighted by Gasteiger charge is -2.21. The van der Waals surface area contributed by atoms with Gasteiger partial charge < -0.3 is 25.6 Å². The van der Waals surface area contributed by atoms with Gasteiger partial charge in [0.1, 0.15) is 6.04 Å². The molecule has 7 heteroatoms. The fourth-order valence-electron chi connectivity index (χ4n) is 1.06. The zero-order valence-electron chi connectivity index (χ0n) is 9.56. The van der Waals surface area contributed by atoms with Gasteiger partial charge >= 0.3 is 5.97 Å². The number of methoxy groups -OCH3 is 1. The topological polar surface area (TPSA) is 108 Å². The Morgan fingerprint density at radius 2 is 2.00 bits per heavy atom. The highest BCUT2D eigenvalue weighted by Gasteiger charge is 2.28. The molecule has 0 aromatic heterocycles. The maximum absolute atomic E-state index is 11.5. The van der Waals surface area contributed by atoms with E-state index in [2.05, 4.69) is 15.4 Å². The Morgan fingerprint density at radius 3 is 2.31 bits per heavy atom.